The average molecular weight is 518 g/mol. The summed E-state index contributed by atoms with van der Waals surface area (Å²) in [6, 6.07) is 10.7. The number of aryl methyl sites for hydroxylation is 2. The Morgan fingerprint density at radius 2 is 1.67 bits per heavy atom. The topological polar surface area (TPSA) is 96.5 Å². The zero-order chi connectivity index (χ0) is 24.2. The van der Waals surface area contributed by atoms with E-state index < -0.39 is 11.8 Å². The molecule has 2 aromatic rings. The number of hydrogen-bond acceptors (Lipinski definition) is 4. The number of hydrogen-bond donors (Lipinski definition) is 3. The Balaban J connectivity index is 1.74. The quantitative estimate of drug-likeness (QED) is 0.281. The smallest absolute Gasteiger partial charge is 0.269 e. The van der Waals surface area contributed by atoms with Crippen LogP contribution in [0, 0.1) is 13.8 Å². The standard InChI is InChI=1S/C25H32BrN3O4/c1-4-5-6-7-14-33-22-11-9-19(16-20(22)26)25(32)29-28-24(31)13-12-23(30)27-21-10-8-17(2)15-18(21)3/h8-11,15-16H,4-7,12-14H2,1-3H3,(H,27,30)(H,28,31)(H,29,32). The second-order valence-electron chi connectivity index (χ2n) is 7.92. The number of unbranched alkanes of at least 4 members (excludes halogenated alkanes) is 3. The molecule has 0 aliphatic rings. The van der Waals surface area contributed by atoms with Crippen molar-refractivity contribution < 1.29 is 19.1 Å². The number of amides is 3. The van der Waals surface area contributed by atoms with E-state index in [1.165, 1.54) is 12.8 Å². The first-order valence-electron chi connectivity index (χ1n) is 11.2. The molecule has 0 fully saturated rings. The summed E-state index contributed by atoms with van der Waals surface area (Å²) >= 11 is 3.42. The summed E-state index contributed by atoms with van der Waals surface area (Å²) < 4.78 is 6.41. The van der Waals surface area contributed by atoms with Crippen molar-refractivity contribution in [3.8, 4) is 5.75 Å². The molecule has 0 aromatic heterocycles. The van der Waals surface area contributed by atoms with Crippen LogP contribution < -0.4 is 20.9 Å². The number of hydrazine groups is 1. The molecule has 3 amide bonds. The van der Waals surface area contributed by atoms with Crippen molar-refractivity contribution in [3.63, 3.8) is 0 Å². The molecule has 3 N–H and O–H groups in total. The molecule has 7 nitrogen and oxygen atoms in total. The van der Waals surface area contributed by atoms with E-state index in [1.54, 1.807) is 18.2 Å². The minimum absolute atomic E-state index is 0.00482. The fraction of sp³-hybridized carbons (Fsp3) is 0.400. The number of benzene rings is 2. The lowest BCUT2D eigenvalue weighted by Gasteiger charge is -2.11. The van der Waals surface area contributed by atoms with Crippen LogP contribution in [-0.2, 0) is 9.59 Å². The molecule has 0 radical (unpaired) electrons. The summed E-state index contributed by atoms with van der Waals surface area (Å²) in [7, 11) is 0. The van der Waals surface area contributed by atoms with Crippen LogP contribution >= 0.6 is 15.9 Å². The maximum absolute atomic E-state index is 12.3. The van der Waals surface area contributed by atoms with Crippen molar-refractivity contribution in [1.29, 1.82) is 0 Å². The molecular formula is C25H32BrN3O4. The molecule has 2 aromatic carbocycles. The number of ether oxygens (including phenoxy) is 1. The summed E-state index contributed by atoms with van der Waals surface area (Å²) in [5.74, 6) is -0.511. The number of nitrogens with one attached hydrogen (secondary N) is 3. The molecule has 0 aliphatic heterocycles. The Morgan fingerprint density at radius 3 is 2.36 bits per heavy atom. The van der Waals surface area contributed by atoms with E-state index in [9.17, 15) is 14.4 Å². The third-order valence-corrected chi connectivity index (χ3v) is 5.62. The van der Waals surface area contributed by atoms with E-state index in [-0.39, 0.29) is 18.7 Å². The minimum Gasteiger partial charge on any atom is -0.492 e. The van der Waals surface area contributed by atoms with Crippen molar-refractivity contribution in [2.45, 2.75) is 59.3 Å². The number of carbonyl (C=O) groups excluding carboxylic acids is 3. The fourth-order valence-electron chi connectivity index (χ4n) is 3.12. The average Bonchev–Trinajstić information content (AvgIpc) is 2.78. The number of carbonyl (C=O) groups is 3. The Hall–Kier alpha value is -2.87. The first-order chi connectivity index (χ1) is 15.8. The van der Waals surface area contributed by atoms with E-state index in [4.69, 9.17) is 4.74 Å². The molecule has 0 spiro atoms. The molecule has 2 rings (SSSR count). The summed E-state index contributed by atoms with van der Waals surface area (Å²) in [6.07, 6.45) is 4.42. The largest absolute Gasteiger partial charge is 0.492 e. The van der Waals surface area contributed by atoms with Gasteiger partial charge < -0.3 is 10.1 Å². The van der Waals surface area contributed by atoms with Crippen LogP contribution in [0.5, 0.6) is 5.75 Å². The van der Waals surface area contributed by atoms with Gasteiger partial charge in [0.05, 0.1) is 11.1 Å². The van der Waals surface area contributed by atoms with Gasteiger partial charge in [-0.25, -0.2) is 0 Å². The Bertz CT molecular complexity index is 978. The molecule has 33 heavy (non-hydrogen) atoms. The molecule has 178 valence electrons. The van der Waals surface area contributed by atoms with E-state index in [2.05, 4.69) is 39.0 Å². The van der Waals surface area contributed by atoms with E-state index >= 15 is 0 Å². The van der Waals surface area contributed by atoms with Gasteiger partial charge in [-0.05, 0) is 66.0 Å². The zero-order valence-electron chi connectivity index (χ0n) is 19.4. The Kier molecular flexibility index (Phi) is 10.9. The maximum atomic E-state index is 12.3. The van der Waals surface area contributed by atoms with Gasteiger partial charge >= 0.3 is 0 Å². The molecule has 0 aliphatic carbocycles. The molecule has 8 heteroatoms. The highest BCUT2D eigenvalue weighted by Gasteiger charge is 2.12. The first-order valence-corrected chi connectivity index (χ1v) is 12.0. The van der Waals surface area contributed by atoms with E-state index in [0.717, 1.165) is 29.7 Å². The lowest BCUT2D eigenvalue weighted by Crippen LogP contribution is -2.41. The predicted molar refractivity (Wildman–Crippen MR) is 133 cm³/mol. The number of halogens is 1. The van der Waals surface area contributed by atoms with Gasteiger partial charge in [0.1, 0.15) is 5.75 Å². The van der Waals surface area contributed by atoms with Crippen LogP contribution in [0.4, 0.5) is 5.69 Å². The van der Waals surface area contributed by atoms with Crippen LogP contribution in [0.25, 0.3) is 0 Å². The normalized spacial score (nSPS) is 10.4. The highest BCUT2D eigenvalue weighted by molar-refractivity contribution is 9.10. The van der Waals surface area contributed by atoms with Gasteiger partial charge in [-0.3, -0.25) is 25.2 Å². The number of rotatable bonds is 11. The second-order valence-corrected chi connectivity index (χ2v) is 8.78. The van der Waals surface area contributed by atoms with Gasteiger partial charge in [0.15, 0.2) is 0 Å². The van der Waals surface area contributed by atoms with Gasteiger partial charge in [-0.1, -0.05) is 43.9 Å². The molecular weight excluding hydrogens is 486 g/mol. The van der Waals surface area contributed by atoms with E-state index in [0.29, 0.717) is 22.4 Å². The summed E-state index contributed by atoms with van der Waals surface area (Å²) in [6.45, 7) is 6.67. The van der Waals surface area contributed by atoms with Crippen LogP contribution in [0.1, 0.15) is 66.9 Å². The van der Waals surface area contributed by atoms with Gasteiger partial charge in [-0.2, -0.15) is 0 Å². The fourth-order valence-corrected chi connectivity index (χ4v) is 3.62. The molecule has 0 heterocycles. The summed E-state index contributed by atoms with van der Waals surface area (Å²) in [5.41, 5.74) is 7.87. The summed E-state index contributed by atoms with van der Waals surface area (Å²) in [4.78, 5) is 36.5. The minimum atomic E-state index is -0.460. The third kappa shape index (κ3) is 9.26. The highest BCUT2D eigenvalue weighted by atomic mass is 79.9. The lowest BCUT2D eigenvalue weighted by atomic mass is 10.1. The van der Waals surface area contributed by atoms with Crippen LogP contribution in [0.2, 0.25) is 0 Å². The lowest BCUT2D eigenvalue weighted by molar-refractivity contribution is -0.124. The van der Waals surface area contributed by atoms with Crippen molar-refractivity contribution >= 4 is 39.3 Å². The Labute approximate surface area is 203 Å². The Morgan fingerprint density at radius 1 is 0.909 bits per heavy atom. The third-order valence-electron chi connectivity index (χ3n) is 5.00. The van der Waals surface area contributed by atoms with Crippen molar-refractivity contribution in [3.05, 3.63) is 57.6 Å². The van der Waals surface area contributed by atoms with E-state index in [1.807, 2.05) is 32.0 Å². The van der Waals surface area contributed by atoms with Crippen LogP contribution in [0.15, 0.2) is 40.9 Å². The van der Waals surface area contributed by atoms with Crippen LogP contribution in [-0.4, -0.2) is 24.3 Å². The van der Waals surface area contributed by atoms with Gasteiger partial charge in [0.2, 0.25) is 11.8 Å². The molecule has 0 bridgehead atoms. The molecule has 0 saturated carbocycles. The van der Waals surface area contributed by atoms with Gasteiger partial charge in [-0.15, -0.1) is 0 Å². The SMILES string of the molecule is CCCCCCOc1ccc(C(=O)NNC(=O)CCC(=O)Nc2ccc(C)cc2C)cc1Br. The van der Waals surface area contributed by atoms with Crippen LogP contribution in [0.3, 0.4) is 0 Å². The molecule has 0 atom stereocenters. The predicted octanol–water partition coefficient (Wildman–Crippen LogP) is 5.20. The van der Waals surface area contributed by atoms with Crippen molar-refractivity contribution in [2.75, 3.05) is 11.9 Å². The molecule has 0 unspecified atom stereocenters. The first kappa shape index (κ1) is 26.4. The summed E-state index contributed by atoms with van der Waals surface area (Å²) in [5, 5.41) is 2.80. The zero-order valence-corrected chi connectivity index (χ0v) is 21.0. The van der Waals surface area contributed by atoms with Gasteiger partial charge in [0.25, 0.3) is 5.91 Å². The second kappa shape index (κ2) is 13.6. The monoisotopic (exact) mass is 517 g/mol. The van der Waals surface area contributed by atoms with Crippen molar-refractivity contribution in [1.82, 2.24) is 10.9 Å². The van der Waals surface area contributed by atoms with Crippen molar-refractivity contribution in [2.24, 2.45) is 0 Å². The maximum Gasteiger partial charge on any atom is 0.269 e. The number of anilines is 1. The molecule has 0 saturated heterocycles. The highest BCUT2D eigenvalue weighted by Crippen LogP contribution is 2.26. The van der Waals surface area contributed by atoms with Gasteiger partial charge in [0, 0.05) is 24.1 Å².